The molecule has 2 heterocycles. The van der Waals surface area contributed by atoms with Crippen molar-refractivity contribution < 1.29 is 22.8 Å². The number of alkyl halides is 3. The van der Waals surface area contributed by atoms with Crippen LogP contribution in [0.4, 0.5) is 18.3 Å². The number of amides is 2. The van der Waals surface area contributed by atoms with Crippen molar-refractivity contribution in [1.29, 1.82) is 0 Å². The Morgan fingerprint density at radius 3 is 2.64 bits per heavy atom. The largest absolute Gasteiger partial charge is 0.408 e. The lowest BCUT2D eigenvalue weighted by Crippen LogP contribution is -2.43. The minimum atomic E-state index is -4.48. The molecule has 0 spiro atoms. The number of nitrogens with one attached hydrogen (secondary N) is 1. The summed E-state index contributed by atoms with van der Waals surface area (Å²) < 4.78 is 39.4. The molecule has 1 aliphatic heterocycles. The van der Waals surface area contributed by atoms with Crippen molar-refractivity contribution in [2.24, 2.45) is 0 Å². The highest BCUT2D eigenvalue weighted by Crippen LogP contribution is 2.41. The van der Waals surface area contributed by atoms with Crippen LogP contribution in [0.15, 0.2) is 17.0 Å². The zero-order valence-corrected chi connectivity index (χ0v) is 17.2. The first-order valence-corrected chi connectivity index (χ1v) is 10.4. The summed E-state index contributed by atoms with van der Waals surface area (Å²) in [5.74, 6) is -0.836. The number of aryl methyl sites for hydroxylation is 1. The van der Waals surface area contributed by atoms with E-state index in [1.54, 1.807) is 25.3 Å². The molecule has 1 atom stereocenters. The quantitative estimate of drug-likeness (QED) is 0.716. The number of aromatic nitrogens is 1. The lowest BCUT2D eigenvalue weighted by atomic mass is 10.0. The number of thiazole rings is 1. The van der Waals surface area contributed by atoms with E-state index in [1.165, 1.54) is 30.0 Å². The van der Waals surface area contributed by atoms with Crippen LogP contribution in [0.25, 0.3) is 10.4 Å². The van der Waals surface area contributed by atoms with Gasteiger partial charge in [0.25, 0.3) is 5.91 Å². The molecular formula is C18H18F3N3O2S2. The van der Waals surface area contributed by atoms with Crippen LogP contribution < -0.4 is 5.32 Å². The summed E-state index contributed by atoms with van der Waals surface area (Å²) in [6.45, 7) is 4.09. The second kappa shape index (κ2) is 7.40. The number of carbonyl (C=O) groups is 2. The predicted octanol–water partition coefficient (Wildman–Crippen LogP) is 4.71. The Morgan fingerprint density at radius 1 is 1.39 bits per heavy atom. The van der Waals surface area contributed by atoms with Crippen molar-refractivity contribution >= 4 is 40.0 Å². The first kappa shape index (κ1) is 20.7. The molecule has 0 fully saturated rings. The first-order chi connectivity index (χ1) is 13.0. The number of rotatable bonds is 4. The second-order valence-electron chi connectivity index (χ2n) is 6.48. The molecule has 2 aromatic rings. The molecule has 3 rings (SSSR count). The smallest absolute Gasteiger partial charge is 0.322 e. The Labute approximate surface area is 168 Å². The van der Waals surface area contributed by atoms with Crippen LogP contribution in [-0.2, 0) is 11.3 Å². The molecule has 1 unspecified atom stereocenters. The van der Waals surface area contributed by atoms with Crippen LogP contribution in [0.5, 0.6) is 0 Å². The Bertz CT molecular complexity index is 956. The monoisotopic (exact) mass is 429 g/mol. The van der Waals surface area contributed by atoms with Crippen molar-refractivity contribution in [2.75, 3.05) is 11.6 Å². The number of halogens is 3. The summed E-state index contributed by atoms with van der Waals surface area (Å²) in [7, 11) is 0. The Hall–Kier alpha value is -2.07. The van der Waals surface area contributed by atoms with E-state index in [-0.39, 0.29) is 12.5 Å². The Balaban J connectivity index is 2.03. The lowest BCUT2D eigenvalue weighted by molar-refractivity contribution is -0.172. The zero-order chi connectivity index (χ0) is 20.8. The summed E-state index contributed by atoms with van der Waals surface area (Å²) in [5.41, 5.74) is 2.36. The van der Waals surface area contributed by atoms with E-state index in [4.69, 9.17) is 0 Å². The van der Waals surface area contributed by atoms with E-state index >= 15 is 0 Å². The minimum absolute atomic E-state index is 0.0906. The second-order valence-corrected chi connectivity index (χ2v) is 8.33. The summed E-state index contributed by atoms with van der Waals surface area (Å²) >= 11 is 2.60. The third-order valence-corrected chi connectivity index (χ3v) is 6.39. The van der Waals surface area contributed by atoms with E-state index in [9.17, 15) is 22.8 Å². The maximum absolute atomic E-state index is 13.1. The van der Waals surface area contributed by atoms with Gasteiger partial charge in [0, 0.05) is 18.4 Å². The molecule has 0 bridgehead atoms. The van der Waals surface area contributed by atoms with Gasteiger partial charge >= 0.3 is 6.18 Å². The van der Waals surface area contributed by atoms with Gasteiger partial charge in [0.05, 0.1) is 16.1 Å². The molecule has 10 heteroatoms. The number of hydrogen-bond acceptors (Lipinski definition) is 5. The molecular weight excluding hydrogens is 411 g/mol. The van der Waals surface area contributed by atoms with Gasteiger partial charge in [-0.2, -0.15) is 13.2 Å². The molecule has 1 aromatic carbocycles. The van der Waals surface area contributed by atoms with Gasteiger partial charge in [-0.05, 0) is 43.4 Å². The van der Waals surface area contributed by atoms with E-state index in [1.807, 2.05) is 0 Å². The number of hydrogen-bond donors (Lipinski definition) is 1. The molecule has 150 valence electrons. The van der Waals surface area contributed by atoms with Crippen LogP contribution in [0, 0.1) is 6.92 Å². The SMILES string of the molecule is CSc1cc(-c2sc(NC(C)=O)nc2C)cc2c1C(=O)N(C(C)C(F)(F)F)C2. The fourth-order valence-corrected chi connectivity index (χ4v) is 4.76. The van der Waals surface area contributed by atoms with Crippen molar-refractivity contribution in [3.63, 3.8) is 0 Å². The molecule has 5 nitrogen and oxygen atoms in total. The number of benzene rings is 1. The average Bonchev–Trinajstić information content (AvgIpc) is 3.12. The third-order valence-electron chi connectivity index (χ3n) is 4.50. The van der Waals surface area contributed by atoms with Gasteiger partial charge in [-0.3, -0.25) is 9.59 Å². The molecule has 1 N–H and O–H groups in total. The highest BCUT2D eigenvalue weighted by molar-refractivity contribution is 7.98. The van der Waals surface area contributed by atoms with Crippen LogP contribution in [0.2, 0.25) is 0 Å². The number of anilines is 1. The molecule has 0 aliphatic carbocycles. The highest BCUT2D eigenvalue weighted by atomic mass is 32.2. The topological polar surface area (TPSA) is 62.3 Å². The molecule has 1 aliphatic rings. The third kappa shape index (κ3) is 3.75. The van der Waals surface area contributed by atoms with Gasteiger partial charge in [-0.1, -0.05) is 11.3 Å². The summed E-state index contributed by atoms with van der Waals surface area (Å²) in [4.78, 5) is 30.5. The minimum Gasteiger partial charge on any atom is -0.322 e. The number of fused-ring (bicyclic) bond motifs is 1. The fraction of sp³-hybridized carbons (Fsp3) is 0.389. The van der Waals surface area contributed by atoms with Crippen LogP contribution in [-0.4, -0.2) is 40.2 Å². The fourth-order valence-electron chi connectivity index (χ4n) is 3.09. The summed E-state index contributed by atoms with van der Waals surface area (Å²) in [6, 6.07) is 1.68. The van der Waals surface area contributed by atoms with Crippen molar-refractivity contribution in [3.8, 4) is 10.4 Å². The van der Waals surface area contributed by atoms with Gasteiger partial charge < -0.3 is 10.2 Å². The standard InChI is InChI=1S/C18H18F3N3O2S2/c1-8-15(28-17(22-8)23-10(3)25)11-5-12-7-24(9(2)18(19,20)21)16(26)14(12)13(6-11)27-4/h5-6,9H,7H2,1-4H3,(H,22,23,25). The Kier molecular flexibility index (Phi) is 5.46. The van der Waals surface area contributed by atoms with E-state index in [0.29, 0.717) is 26.8 Å². The maximum Gasteiger partial charge on any atom is 0.408 e. The lowest BCUT2D eigenvalue weighted by Gasteiger charge is -2.26. The summed E-state index contributed by atoms with van der Waals surface area (Å²) in [6.07, 6.45) is -2.70. The van der Waals surface area contributed by atoms with Crippen molar-refractivity contribution in [3.05, 3.63) is 29.0 Å². The van der Waals surface area contributed by atoms with Crippen LogP contribution in [0.1, 0.15) is 35.5 Å². The molecule has 0 radical (unpaired) electrons. The van der Waals surface area contributed by atoms with Gasteiger partial charge in [0.1, 0.15) is 6.04 Å². The van der Waals surface area contributed by atoms with E-state index in [2.05, 4.69) is 10.3 Å². The Morgan fingerprint density at radius 2 is 2.07 bits per heavy atom. The average molecular weight is 429 g/mol. The number of thioether (sulfide) groups is 1. The van der Waals surface area contributed by atoms with Gasteiger partial charge in [0.15, 0.2) is 5.13 Å². The molecule has 1 aromatic heterocycles. The molecule has 28 heavy (non-hydrogen) atoms. The van der Waals surface area contributed by atoms with Crippen molar-refractivity contribution in [2.45, 2.75) is 44.4 Å². The molecule has 0 saturated carbocycles. The number of nitrogens with zero attached hydrogens (tertiary/aromatic N) is 2. The summed E-state index contributed by atoms with van der Waals surface area (Å²) in [5, 5.41) is 3.09. The number of carbonyl (C=O) groups excluding carboxylic acids is 2. The van der Waals surface area contributed by atoms with E-state index in [0.717, 1.165) is 22.3 Å². The maximum atomic E-state index is 13.1. The van der Waals surface area contributed by atoms with Gasteiger partial charge in [-0.15, -0.1) is 11.8 Å². The van der Waals surface area contributed by atoms with E-state index < -0.39 is 18.1 Å². The highest BCUT2D eigenvalue weighted by Gasteiger charge is 2.45. The molecule has 2 amide bonds. The molecule has 0 saturated heterocycles. The van der Waals surface area contributed by atoms with Crippen molar-refractivity contribution in [1.82, 2.24) is 9.88 Å². The zero-order valence-electron chi connectivity index (χ0n) is 15.6. The first-order valence-electron chi connectivity index (χ1n) is 8.37. The van der Waals surface area contributed by atoms with Gasteiger partial charge in [-0.25, -0.2) is 4.98 Å². The van der Waals surface area contributed by atoms with Crippen LogP contribution in [0.3, 0.4) is 0 Å². The predicted molar refractivity (Wildman–Crippen MR) is 104 cm³/mol. The normalized spacial score (nSPS) is 15.0. The van der Waals surface area contributed by atoms with Gasteiger partial charge in [0.2, 0.25) is 5.91 Å². The van der Waals surface area contributed by atoms with Crippen LogP contribution >= 0.6 is 23.1 Å².